The van der Waals surface area contributed by atoms with Crippen LogP contribution in [0.4, 0.5) is 0 Å². The molecule has 1 amide bonds. The number of amides is 1. The summed E-state index contributed by atoms with van der Waals surface area (Å²) in [6.45, 7) is 6.78. The quantitative estimate of drug-likeness (QED) is 0.756. The molecule has 0 fully saturated rings. The molecule has 1 N–H and O–H groups in total. The largest absolute Gasteiger partial charge is 0.346 e. The topological polar surface area (TPSA) is 33.5 Å². The van der Waals surface area contributed by atoms with E-state index in [1.54, 1.807) is 12.1 Å². The highest BCUT2D eigenvalue weighted by Crippen LogP contribution is 2.09. The summed E-state index contributed by atoms with van der Waals surface area (Å²) in [5.41, 5.74) is 0.927. The molecule has 0 heterocycles. The minimum atomic E-state index is -0.264. The Morgan fingerprint density at radius 2 is 2.36 bits per heavy atom. The highest BCUT2D eigenvalue weighted by molar-refractivity contribution is 6.30. The average molecular weight is 209 g/mol. The van der Waals surface area contributed by atoms with Crippen molar-refractivity contribution in [2.24, 2.45) is 0 Å². The lowest BCUT2D eigenvalue weighted by Gasteiger charge is -2.01. The Morgan fingerprint density at radius 1 is 1.57 bits per heavy atom. The molecule has 72 valence electrons. The van der Waals surface area contributed by atoms with Crippen LogP contribution in [0.25, 0.3) is 4.85 Å². The summed E-state index contributed by atoms with van der Waals surface area (Å²) >= 11 is 5.76. The van der Waals surface area contributed by atoms with E-state index in [4.69, 9.17) is 18.2 Å². The van der Waals surface area contributed by atoms with Gasteiger partial charge < -0.3 is 10.2 Å². The van der Waals surface area contributed by atoms with E-state index in [9.17, 15) is 4.79 Å². The van der Waals surface area contributed by atoms with Gasteiger partial charge in [0.1, 0.15) is 0 Å². The molecule has 1 aromatic rings. The lowest BCUT2D eigenvalue weighted by molar-refractivity contribution is -0.119. The van der Waals surface area contributed by atoms with Gasteiger partial charge in [-0.1, -0.05) is 23.7 Å². The fraction of sp³-hybridized carbons (Fsp3) is 0.200. The van der Waals surface area contributed by atoms with Crippen LogP contribution in [-0.2, 0) is 11.3 Å². The first-order chi connectivity index (χ1) is 6.72. The molecule has 0 saturated heterocycles. The number of nitrogens with one attached hydrogen (secondary N) is 1. The van der Waals surface area contributed by atoms with Gasteiger partial charge in [0.15, 0.2) is 0 Å². The summed E-state index contributed by atoms with van der Waals surface area (Å²) < 4.78 is 0. The van der Waals surface area contributed by atoms with E-state index in [1.807, 2.05) is 12.1 Å². The zero-order valence-corrected chi connectivity index (χ0v) is 8.21. The van der Waals surface area contributed by atoms with Crippen LogP contribution < -0.4 is 5.32 Å². The predicted octanol–water partition coefficient (Wildman–Crippen LogP) is 1.88. The molecule has 0 saturated carbocycles. The maximum Gasteiger partial charge on any atom is 0.300 e. The number of hydrogen-bond acceptors (Lipinski definition) is 1. The third-order valence-electron chi connectivity index (χ3n) is 1.60. The monoisotopic (exact) mass is 208 g/mol. The molecule has 0 atom stereocenters. The number of hydrogen-bond donors (Lipinski definition) is 1. The molecule has 0 aliphatic carbocycles. The van der Waals surface area contributed by atoms with Gasteiger partial charge in [-0.2, -0.15) is 0 Å². The van der Waals surface area contributed by atoms with Gasteiger partial charge in [0, 0.05) is 11.6 Å². The van der Waals surface area contributed by atoms with Crippen LogP contribution in [0.5, 0.6) is 0 Å². The molecular weight excluding hydrogens is 200 g/mol. The molecule has 0 aromatic heterocycles. The Bertz CT molecular complexity index is 371. The summed E-state index contributed by atoms with van der Waals surface area (Å²) in [5, 5.41) is 3.26. The van der Waals surface area contributed by atoms with E-state index in [0.717, 1.165) is 5.56 Å². The fourth-order valence-corrected chi connectivity index (χ4v) is 1.19. The summed E-state index contributed by atoms with van der Waals surface area (Å²) in [6, 6.07) is 7.23. The minimum Gasteiger partial charge on any atom is -0.346 e. The second kappa shape index (κ2) is 5.25. The molecule has 0 aliphatic heterocycles. The van der Waals surface area contributed by atoms with Crippen molar-refractivity contribution in [1.29, 1.82) is 0 Å². The van der Waals surface area contributed by atoms with E-state index in [2.05, 4.69) is 10.2 Å². The molecule has 4 heteroatoms. The zero-order chi connectivity index (χ0) is 10.4. The molecule has 1 aromatic carbocycles. The normalized spacial score (nSPS) is 9.14. The first-order valence-electron chi connectivity index (χ1n) is 4.06. The van der Waals surface area contributed by atoms with Gasteiger partial charge in [0.25, 0.3) is 12.5 Å². The Morgan fingerprint density at radius 3 is 3.00 bits per heavy atom. The number of carbonyl (C=O) groups excluding carboxylic acids is 1. The highest BCUT2D eigenvalue weighted by Gasteiger charge is 2.02. The number of halogens is 1. The van der Waals surface area contributed by atoms with Gasteiger partial charge in [0.2, 0.25) is 0 Å². The van der Waals surface area contributed by atoms with Crippen molar-refractivity contribution in [2.75, 3.05) is 6.54 Å². The van der Waals surface area contributed by atoms with E-state index < -0.39 is 0 Å². The Balaban J connectivity index is 2.46. The third-order valence-corrected chi connectivity index (χ3v) is 1.84. The standard InChI is InChI=1S/C10H9ClN2O/c1-12-7-10(14)13-6-8-3-2-4-9(11)5-8/h2-5H,6-7H2,(H,13,14). The van der Waals surface area contributed by atoms with Crippen LogP contribution in [0.1, 0.15) is 5.56 Å². The van der Waals surface area contributed by atoms with Crippen molar-refractivity contribution < 1.29 is 4.79 Å². The van der Waals surface area contributed by atoms with Crippen LogP contribution in [0, 0.1) is 6.57 Å². The highest BCUT2D eigenvalue weighted by atomic mass is 35.5. The van der Waals surface area contributed by atoms with Gasteiger partial charge in [-0.15, -0.1) is 0 Å². The van der Waals surface area contributed by atoms with Crippen LogP contribution in [-0.4, -0.2) is 12.5 Å². The third kappa shape index (κ3) is 3.46. The maximum atomic E-state index is 10.9. The van der Waals surface area contributed by atoms with Crippen molar-refractivity contribution in [1.82, 2.24) is 5.32 Å². The lowest BCUT2D eigenvalue weighted by Crippen LogP contribution is -2.24. The minimum absolute atomic E-state index is 0.124. The fourth-order valence-electron chi connectivity index (χ4n) is 0.975. The van der Waals surface area contributed by atoms with Crippen molar-refractivity contribution >= 4 is 17.5 Å². The number of benzene rings is 1. The Hall–Kier alpha value is -1.53. The molecule has 0 radical (unpaired) electrons. The number of nitrogens with zero attached hydrogens (tertiary/aromatic N) is 1. The summed E-state index contributed by atoms with van der Waals surface area (Å²) in [4.78, 5) is 13.9. The zero-order valence-electron chi connectivity index (χ0n) is 7.46. The van der Waals surface area contributed by atoms with Crippen LogP contribution in [0.2, 0.25) is 5.02 Å². The molecule has 1 rings (SSSR count). The Labute approximate surface area is 87.5 Å². The van der Waals surface area contributed by atoms with E-state index in [1.165, 1.54) is 0 Å². The maximum absolute atomic E-state index is 10.9. The van der Waals surface area contributed by atoms with Gasteiger partial charge in [-0.05, 0) is 17.7 Å². The van der Waals surface area contributed by atoms with Gasteiger partial charge in [0.05, 0.1) is 0 Å². The first-order valence-corrected chi connectivity index (χ1v) is 4.44. The van der Waals surface area contributed by atoms with Crippen LogP contribution in [0.15, 0.2) is 24.3 Å². The van der Waals surface area contributed by atoms with Gasteiger partial charge >= 0.3 is 0 Å². The molecule has 0 aliphatic rings. The molecule has 0 spiro atoms. The Kier molecular flexibility index (Phi) is 3.96. The van der Waals surface area contributed by atoms with Gasteiger partial charge in [-0.3, -0.25) is 4.79 Å². The van der Waals surface area contributed by atoms with Crippen LogP contribution >= 0.6 is 11.6 Å². The van der Waals surface area contributed by atoms with E-state index in [-0.39, 0.29) is 12.5 Å². The first kappa shape index (κ1) is 10.6. The SMILES string of the molecule is [C-]#[N+]CC(=O)NCc1cccc(Cl)c1. The van der Waals surface area contributed by atoms with Crippen molar-refractivity contribution in [3.8, 4) is 0 Å². The smallest absolute Gasteiger partial charge is 0.300 e. The lowest BCUT2D eigenvalue weighted by atomic mass is 10.2. The van der Waals surface area contributed by atoms with Crippen molar-refractivity contribution in [3.05, 3.63) is 46.3 Å². The average Bonchev–Trinajstić information content (AvgIpc) is 2.15. The predicted molar refractivity (Wildman–Crippen MR) is 54.8 cm³/mol. The van der Waals surface area contributed by atoms with Crippen LogP contribution in [0.3, 0.4) is 0 Å². The second-order valence-electron chi connectivity index (χ2n) is 2.72. The molecule has 3 nitrogen and oxygen atoms in total. The summed E-state index contributed by atoms with van der Waals surface area (Å²) in [7, 11) is 0. The molecular formula is C10H9ClN2O. The van der Waals surface area contributed by atoms with Gasteiger partial charge in [-0.25, -0.2) is 6.57 Å². The number of carbonyl (C=O) groups is 1. The van der Waals surface area contributed by atoms with Crippen molar-refractivity contribution in [3.63, 3.8) is 0 Å². The molecule has 0 bridgehead atoms. The number of rotatable bonds is 3. The van der Waals surface area contributed by atoms with E-state index in [0.29, 0.717) is 11.6 Å². The van der Waals surface area contributed by atoms with Crippen molar-refractivity contribution in [2.45, 2.75) is 6.54 Å². The summed E-state index contributed by atoms with van der Waals surface area (Å²) in [6.07, 6.45) is 0. The summed E-state index contributed by atoms with van der Waals surface area (Å²) in [5.74, 6) is -0.264. The van der Waals surface area contributed by atoms with E-state index >= 15 is 0 Å². The molecule has 14 heavy (non-hydrogen) atoms. The second-order valence-corrected chi connectivity index (χ2v) is 3.16. The molecule has 0 unspecified atom stereocenters.